The molecule has 0 saturated carbocycles. The van der Waals surface area contributed by atoms with E-state index in [0.29, 0.717) is 24.3 Å². The normalized spacial score (nSPS) is 17.0. The summed E-state index contributed by atoms with van der Waals surface area (Å²) < 4.78 is 160. The maximum Gasteiger partial charge on any atom is 0.573 e. The van der Waals surface area contributed by atoms with E-state index in [0.717, 1.165) is 37.1 Å². The van der Waals surface area contributed by atoms with Gasteiger partial charge in [0.1, 0.15) is 28.8 Å². The molecule has 0 amide bonds. The van der Waals surface area contributed by atoms with Crippen molar-refractivity contribution in [1.29, 1.82) is 0 Å². The smallest absolute Gasteiger partial charge is 0.429 e. The van der Waals surface area contributed by atoms with E-state index in [1.807, 2.05) is 19.1 Å². The van der Waals surface area contributed by atoms with E-state index < -0.39 is 70.5 Å². The summed E-state index contributed by atoms with van der Waals surface area (Å²) in [5.74, 6) is -9.74. The van der Waals surface area contributed by atoms with Gasteiger partial charge in [-0.1, -0.05) is 36.4 Å². The van der Waals surface area contributed by atoms with Gasteiger partial charge in [0.15, 0.2) is 17.9 Å². The molecular weight excluding hydrogens is 674 g/mol. The highest BCUT2D eigenvalue weighted by atomic mass is 19.4. The Kier molecular flexibility index (Phi) is 10.6. The molecule has 0 N–H and O–H groups in total. The molecule has 1 aliphatic rings. The van der Waals surface area contributed by atoms with Gasteiger partial charge in [-0.2, -0.15) is 8.78 Å². The third-order valence-corrected chi connectivity index (χ3v) is 7.50. The van der Waals surface area contributed by atoms with Gasteiger partial charge in [-0.15, -0.1) is 13.2 Å². The maximum atomic E-state index is 15.0. The lowest BCUT2D eigenvalue weighted by molar-refractivity contribution is -0.276. The fraction of sp³-hybridized carbons (Fsp3) is 0.257. The van der Waals surface area contributed by atoms with Crippen LogP contribution in [0.1, 0.15) is 37.2 Å². The lowest BCUT2D eigenvalue weighted by Gasteiger charge is -2.30. The number of allylic oxidation sites excluding steroid dienone is 2. The maximum absolute atomic E-state index is 15.0. The van der Waals surface area contributed by atoms with E-state index >= 15 is 8.78 Å². The Morgan fingerprint density at radius 3 is 1.82 bits per heavy atom. The van der Waals surface area contributed by atoms with Gasteiger partial charge >= 0.3 is 12.5 Å². The molecule has 4 nitrogen and oxygen atoms in total. The number of ether oxygens (including phenoxy) is 4. The summed E-state index contributed by atoms with van der Waals surface area (Å²) in [6, 6.07) is 10.2. The SMILES string of the molecule is C/C=C/CCC1COC(c2cc(F)c(C(F)(F)Oc3ccc(-c4ccc(-c5cc(F)c(OC(F)(F)F)c(F)c5)c(F)c4)cc3)c(F)c2)OC1. The Morgan fingerprint density at radius 1 is 0.694 bits per heavy atom. The van der Waals surface area contributed by atoms with Crippen LogP contribution in [0.3, 0.4) is 0 Å². The van der Waals surface area contributed by atoms with Crippen molar-refractivity contribution in [2.24, 2.45) is 5.92 Å². The van der Waals surface area contributed by atoms with Gasteiger partial charge in [0.25, 0.3) is 0 Å². The molecule has 49 heavy (non-hydrogen) atoms. The Hall–Kier alpha value is -4.56. The zero-order valence-corrected chi connectivity index (χ0v) is 25.4. The quantitative estimate of drug-likeness (QED) is 0.122. The van der Waals surface area contributed by atoms with E-state index in [9.17, 15) is 35.1 Å². The van der Waals surface area contributed by atoms with Crippen LogP contribution >= 0.6 is 0 Å². The van der Waals surface area contributed by atoms with Gasteiger partial charge < -0.3 is 18.9 Å². The number of benzene rings is 4. The number of hydrogen-bond donors (Lipinski definition) is 0. The molecule has 0 radical (unpaired) electrons. The Morgan fingerprint density at radius 2 is 1.27 bits per heavy atom. The van der Waals surface area contributed by atoms with Crippen molar-refractivity contribution in [1.82, 2.24) is 0 Å². The summed E-state index contributed by atoms with van der Waals surface area (Å²) in [6.45, 7) is 2.41. The molecule has 1 heterocycles. The summed E-state index contributed by atoms with van der Waals surface area (Å²) in [5.41, 5.74) is -2.11. The largest absolute Gasteiger partial charge is 0.573 e. The van der Waals surface area contributed by atoms with E-state index in [1.54, 1.807) is 0 Å². The molecule has 0 aromatic heterocycles. The zero-order valence-electron chi connectivity index (χ0n) is 25.4. The molecule has 1 saturated heterocycles. The molecule has 1 aliphatic heterocycles. The minimum absolute atomic E-state index is 0.0667. The van der Waals surface area contributed by atoms with Crippen molar-refractivity contribution in [2.75, 3.05) is 13.2 Å². The standard InChI is InChI=1S/C35H26F10O4/c1-2-3-4-5-19-17-46-33(47-18-19)23-15-27(37)31(28(38)16-23)34(41,42)48-24-9-6-20(7-10-24)21-8-11-25(26(36)12-21)22-13-29(39)32(30(40)14-22)49-35(43,44)45/h2-3,6-16,19,33H,4-5,17-18H2,1H3/b3-2+. The summed E-state index contributed by atoms with van der Waals surface area (Å²) in [7, 11) is 0. The van der Waals surface area contributed by atoms with Crippen molar-refractivity contribution < 1.29 is 62.9 Å². The first kappa shape index (κ1) is 35.7. The highest BCUT2D eigenvalue weighted by Gasteiger charge is 2.42. The van der Waals surface area contributed by atoms with Gasteiger partial charge in [0.2, 0.25) is 5.75 Å². The number of halogens is 10. The lowest BCUT2D eigenvalue weighted by atomic mass is 9.99. The average Bonchev–Trinajstić information content (AvgIpc) is 3.02. The predicted molar refractivity (Wildman–Crippen MR) is 157 cm³/mol. The molecule has 0 aliphatic carbocycles. The van der Waals surface area contributed by atoms with Gasteiger partial charge in [-0.25, -0.2) is 22.0 Å². The molecule has 5 rings (SSSR count). The zero-order chi connectivity index (χ0) is 35.5. The van der Waals surface area contributed by atoms with Gasteiger partial charge in [0.05, 0.1) is 13.2 Å². The average molecular weight is 701 g/mol. The highest BCUT2D eigenvalue weighted by Crippen LogP contribution is 2.39. The molecule has 4 aromatic rings. The second kappa shape index (κ2) is 14.5. The second-order valence-electron chi connectivity index (χ2n) is 11.0. The van der Waals surface area contributed by atoms with E-state index in [4.69, 9.17) is 9.47 Å². The minimum atomic E-state index is -5.36. The van der Waals surface area contributed by atoms with Crippen LogP contribution in [0.2, 0.25) is 0 Å². The Balaban J connectivity index is 1.27. The number of rotatable bonds is 10. The summed E-state index contributed by atoms with van der Waals surface area (Å²) in [4.78, 5) is 0. The third kappa shape index (κ3) is 8.54. The van der Waals surface area contributed by atoms with Crippen LogP contribution < -0.4 is 9.47 Å². The summed E-state index contributed by atoms with van der Waals surface area (Å²) in [6.07, 6.45) is -5.48. The topological polar surface area (TPSA) is 36.9 Å². The first-order chi connectivity index (χ1) is 23.1. The fourth-order valence-electron chi connectivity index (χ4n) is 5.18. The number of hydrogen-bond acceptors (Lipinski definition) is 4. The summed E-state index contributed by atoms with van der Waals surface area (Å²) >= 11 is 0. The van der Waals surface area contributed by atoms with Crippen LogP contribution in [0.15, 0.2) is 78.9 Å². The van der Waals surface area contributed by atoms with E-state index in [2.05, 4.69) is 9.47 Å². The molecule has 260 valence electrons. The van der Waals surface area contributed by atoms with E-state index in [1.165, 1.54) is 18.2 Å². The monoisotopic (exact) mass is 700 g/mol. The van der Waals surface area contributed by atoms with Crippen LogP contribution in [0.25, 0.3) is 22.3 Å². The van der Waals surface area contributed by atoms with Crippen LogP contribution in [-0.4, -0.2) is 19.6 Å². The summed E-state index contributed by atoms with van der Waals surface area (Å²) in [5, 5.41) is 0. The molecule has 4 aromatic carbocycles. The van der Waals surface area contributed by atoms with Crippen LogP contribution in [-0.2, 0) is 15.6 Å². The van der Waals surface area contributed by atoms with Gasteiger partial charge in [-0.05, 0) is 78.9 Å². The van der Waals surface area contributed by atoms with Crippen LogP contribution in [0.5, 0.6) is 11.5 Å². The van der Waals surface area contributed by atoms with Gasteiger partial charge in [-0.3, -0.25) is 0 Å². The van der Waals surface area contributed by atoms with Gasteiger partial charge in [0, 0.05) is 17.0 Å². The van der Waals surface area contributed by atoms with Crippen LogP contribution in [0, 0.1) is 35.0 Å². The first-order valence-corrected chi connectivity index (χ1v) is 14.7. The molecule has 0 bridgehead atoms. The van der Waals surface area contributed by atoms with Crippen LogP contribution in [0.4, 0.5) is 43.9 Å². The molecule has 0 unspecified atom stereocenters. The Bertz CT molecular complexity index is 1770. The van der Waals surface area contributed by atoms with Crippen molar-refractivity contribution >= 4 is 0 Å². The van der Waals surface area contributed by atoms with Crippen molar-refractivity contribution in [3.8, 4) is 33.8 Å². The minimum Gasteiger partial charge on any atom is -0.429 e. The van der Waals surface area contributed by atoms with Crippen molar-refractivity contribution in [2.45, 2.75) is 38.5 Å². The molecule has 0 atom stereocenters. The molecule has 0 spiro atoms. The second-order valence-corrected chi connectivity index (χ2v) is 11.0. The Labute approximate surface area is 273 Å². The first-order valence-electron chi connectivity index (χ1n) is 14.7. The lowest BCUT2D eigenvalue weighted by Crippen LogP contribution is -2.28. The van der Waals surface area contributed by atoms with Crippen molar-refractivity contribution in [3.05, 3.63) is 119 Å². The predicted octanol–water partition coefficient (Wildman–Crippen LogP) is 10.8. The van der Waals surface area contributed by atoms with E-state index in [-0.39, 0.29) is 41.4 Å². The molecule has 1 fully saturated rings. The fourth-order valence-corrected chi connectivity index (χ4v) is 5.18. The molecular formula is C35H26F10O4. The molecule has 14 heteroatoms. The third-order valence-electron chi connectivity index (χ3n) is 7.50. The van der Waals surface area contributed by atoms with Crippen molar-refractivity contribution in [3.63, 3.8) is 0 Å². The highest BCUT2D eigenvalue weighted by molar-refractivity contribution is 5.72. The number of alkyl halides is 5.